The van der Waals surface area contributed by atoms with Crippen LogP contribution in [-0.4, -0.2) is 41.5 Å². The van der Waals surface area contributed by atoms with Crippen molar-refractivity contribution in [3.05, 3.63) is 46.7 Å². The molecule has 0 radical (unpaired) electrons. The Morgan fingerprint density at radius 3 is 2.76 bits per heavy atom. The molecule has 130 valence electrons. The lowest BCUT2D eigenvalue weighted by Crippen LogP contribution is -2.43. The number of rotatable bonds is 3. The molecular formula is C18H21N5OS. The van der Waals surface area contributed by atoms with Crippen LogP contribution < -0.4 is 15.5 Å². The summed E-state index contributed by atoms with van der Waals surface area (Å²) in [4.78, 5) is 20.8. The van der Waals surface area contributed by atoms with Crippen molar-refractivity contribution in [1.29, 1.82) is 0 Å². The fraction of sp³-hybridized carbons (Fsp3) is 0.333. The molecule has 2 N–H and O–H groups in total. The molecule has 0 unspecified atom stereocenters. The third-order valence-corrected chi connectivity index (χ3v) is 5.41. The van der Waals surface area contributed by atoms with Crippen LogP contribution in [0.2, 0.25) is 0 Å². The first-order chi connectivity index (χ1) is 12.1. The molecule has 1 aliphatic heterocycles. The Morgan fingerprint density at radius 1 is 1.24 bits per heavy atom. The van der Waals surface area contributed by atoms with Crippen LogP contribution in [0.3, 0.4) is 0 Å². The Morgan fingerprint density at radius 2 is 2.04 bits per heavy atom. The van der Waals surface area contributed by atoms with Gasteiger partial charge in [0.2, 0.25) is 0 Å². The zero-order valence-corrected chi connectivity index (χ0v) is 15.2. The molecule has 3 aromatic rings. The molecule has 1 saturated heterocycles. The molecule has 4 rings (SSSR count). The number of imidazole rings is 1. The predicted octanol–water partition coefficient (Wildman–Crippen LogP) is 2.67. The van der Waals surface area contributed by atoms with E-state index >= 15 is 0 Å². The van der Waals surface area contributed by atoms with E-state index in [0.29, 0.717) is 4.88 Å². The molecule has 0 saturated carbocycles. The summed E-state index contributed by atoms with van der Waals surface area (Å²) in [6.45, 7) is 8.09. The molecule has 0 bridgehead atoms. The third kappa shape index (κ3) is 3.25. The van der Waals surface area contributed by atoms with Crippen molar-refractivity contribution in [2.45, 2.75) is 13.8 Å². The number of thiazole rings is 1. The van der Waals surface area contributed by atoms with E-state index in [1.54, 1.807) is 0 Å². The number of nitrogens with one attached hydrogen (secondary N) is 2. The van der Waals surface area contributed by atoms with Crippen molar-refractivity contribution >= 4 is 33.6 Å². The Balaban J connectivity index is 1.50. The molecule has 0 atom stereocenters. The second-order valence-electron chi connectivity index (χ2n) is 6.36. The number of aromatic nitrogens is 2. The van der Waals surface area contributed by atoms with Gasteiger partial charge in [-0.3, -0.25) is 9.20 Å². The number of aryl methyl sites for hydroxylation is 2. The quantitative estimate of drug-likeness (QED) is 0.758. The van der Waals surface area contributed by atoms with Gasteiger partial charge >= 0.3 is 0 Å². The van der Waals surface area contributed by atoms with Crippen LogP contribution in [0.15, 0.2) is 30.6 Å². The highest BCUT2D eigenvalue weighted by Gasteiger charge is 2.15. The number of benzene rings is 1. The average molecular weight is 355 g/mol. The molecule has 2 aromatic heterocycles. The number of hydrogen-bond donors (Lipinski definition) is 2. The van der Waals surface area contributed by atoms with E-state index in [1.807, 2.05) is 35.9 Å². The van der Waals surface area contributed by atoms with Gasteiger partial charge in [0.05, 0.1) is 5.69 Å². The number of piperazine rings is 1. The minimum Gasteiger partial charge on any atom is -0.369 e. The first-order valence-electron chi connectivity index (χ1n) is 8.43. The molecule has 0 aliphatic carbocycles. The largest absolute Gasteiger partial charge is 0.369 e. The Labute approximate surface area is 150 Å². The topological polar surface area (TPSA) is 61.7 Å². The van der Waals surface area contributed by atoms with Crippen molar-refractivity contribution in [3.63, 3.8) is 0 Å². The van der Waals surface area contributed by atoms with E-state index in [0.717, 1.165) is 42.5 Å². The highest BCUT2D eigenvalue weighted by Crippen LogP contribution is 2.25. The van der Waals surface area contributed by atoms with Gasteiger partial charge in [0.25, 0.3) is 5.91 Å². The van der Waals surface area contributed by atoms with E-state index in [2.05, 4.69) is 33.5 Å². The molecule has 1 amide bonds. The van der Waals surface area contributed by atoms with E-state index in [1.165, 1.54) is 22.6 Å². The predicted molar refractivity (Wildman–Crippen MR) is 102 cm³/mol. The SMILES string of the molecule is Cc1cn2cc(C(=O)Nc3ccc(N4CCNCC4)c(C)c3)sc2n1. The summed E-state index contributed by atoms with van der Waals surface area (Å²) in [5.74, 6) is -0.0949. The van der Waals surface area contributed by atoms with Gasteiger partial charge < -0.3 is 15.5 Å². The van der Waals surface area contributed by atoms with Crippen molar-refractivity contribution in [2.24, 2.45) is 0 Å². The highest BCUT2D eigenvalue weighted by atomic mass is 32.1. The molecule has 6 nitrogen and oxygen atoms in total. The smallest absolute Gasteiger partial charge is 0.267 e. The molecule has 1 fully saturated rings. The zero-order chi connectivity index (χ0) is 17.4. The van der Waals surface area contributed by atoms with E-state index in [9.17, 15) is 4.79 Å². The summed E-state index contributed by atoms with van der Waals surface area (Å²) >= 11 is 1.40. The van der Waals surface area contributed by atoms with Gasteiger partial charge in [-0.2, -0.15) is 0 Å². The van der Waals surface area contributed by atoms with Crippen molar-refractivity contribution < 1.29 is 4.79 Å². The van der Waals surface area contributed by atoms with E-state index in [-0.39, 0.29) is 5.91 Å². The number of amides is 1. The van der Waals surface area contributed by atoms with Gasteiger partial charge in [-0.15, -0.1) is 0 Å². The maximum atomic E-state index is 12.5. The van der Waals surface area contributed by atoms with Gasteiger partial charge in [0, 0.05) is 49.9 Å². The minimum absolute atomic E-state index is 0.0949. The average Bonchev–Trinajstić information content (AvgIpc) is 3.13. The van der Waals surface area contributed by atoms with Crippen molar-refractivity contribution in [3.8, 4) is 0 Å². The highest BCUT2D eigenvalue weighted by molar-refractivity contribution is 7.19. The molecule has 7 heteroatoms. The minimum atomic E-state index is -0.0949. The standard InChI is InChI=1S/C18H21N5OS/c1-12-9-14(3-4-15(12)22-7-5-19-6-8-22)21-17(24)16-11-23-10-13(2)20-18(23)25-16/h3-4,9-11,19H,5-8H2,1-2H3,(H,21,24). The van der Waals surface area contributed by atoms with Crippen LogP contribution >= 0.6 is 11.3 Å². The summed E-state index contributed by atoms with van der Waals surface area (Å²) in [6.07, 6.45) is 3.76. The van der Waals surface area contributed by atoms with Crippen LogP contribution in [0.25, 0.3) is 4.96 Å². The monoisotopic (exact) mass is 355 g/mol. The van der Waals surface area contributed by atoms with E-state index in [4.69, 9.17) is 0 Å². The third-order valence-electron chi connectivity index (χ3n) is 4.41. The first kappa shape index (κ1) is 16.1. The van der Waals surface area contributed by atoms with Gasteiger partial charge in [0.15, 0.2) is 4.96 Å². The van der Waals surface area contributed by atoms with Crippen molar-refractivity contribution in [1.82, 2.24) is 14.7 Å². The van der Waals surface area contributed by atoms with Crippen LogP contribution in [0.1, 0.15) is 20.9 Å². The van der Waals surface area contributed by atoms with Crippen LogP contribution in [-0.2, 0) is 0 Å². The maximum absolute atomic E-state index is 12.5. The normalized spacial score (nSPS) is 14.9. The number of anilines is 2. The van der Waals surface area contributed by atoms with Gasteiger partial charge in [-0.25, -0.2) is 4.98 Å². The molecule has 25 heavy (non-hydrogen) atoms. The number of nitrogens with zero attached hydrogens (tertiary/aromatic N) is 3. The molecular weight excluding hydrogens is 334 g/mol. The lowest BCUT2D eigenvalue weighted by atomic mass is 10.1. The molecule has 1 aromatic carbocycles. The first-order valence-corrected chi connectivity index (χ1v) is 9.24. The summed E-state index contributed by atoms with van der Waals surface area (Å²) in [7, 11) is 0. The zero-order valence-electron chi connectivity index (χ0n) is 14.4. The summed E-state index contributed by atoms with van der Waals surface area (Å²) in [5.41, 5.74) is 4.20. The van der Waals surface area contributed by atoms with Crippen LogP contribution in [0, 0.1) is 13.8 Å². The number of carbonyl (C=O) groups is 1. The fourth-order valence-corrected chi connectivity index (χ4v) is 4.11. The Hall–Kier alpha value is -2.38. The Bertz CT molecular complexity index is 891. The number of fused-ring (bicyclic) bond motifs is 1. The summed E-state index contributed by atoms with van der Waals surface area (Å²) in [5, 5.41) is 6.36. The maximum Gasteiger partial charge on any atom is 0.267 e. The molecule has 0 spiro atoms. The molecule has 3 heterocycles. The van der Waals surface area contributed by atoms with Crippen LogP contribution in [0.5, 0.6) is 0 Å². The summed E-state index contributed by atoms with van der Waals surface area (Å²) in [6, 6.07) is 6.12. The summed E-state index contributed by atoms with van der Waals surface area (Å²) < 4.78 is 1.90. The number of hydrogen-bond acceptors (Lipinski definition) is 5. The fourth-order valence-electron chi connectivity index (χ4n) is 3.20. The lowest BCUT2D eigenvalue weighted by Gasteiger charge is -2.30. The van der Waals surface area contributed by atoms with Crippen LogP contribution in [0.4, 0.5) is 11.4 Å². The second-order valence-corrected chi connectivity index (χ2v) is 7.37. The number of carbonyl (C=O) groups excluding carboxylic acids is 1. The second kappa shape index (κ2) is 6.50. The Kier molecular flexibility index (Phi) is 4.19. The molecule has 1 aliphatic rings. The van der Waals surface area contributed by atoms with Gasteiger partial charge in [-0.1, -0.05) is 11.3 Å². The van der Waals surface area contributed by atoms with Gasteiger partial charge in [-0.05, 0) is 37.6 Å². The van der Waals surface area contributed by atoms with Crippen molar-refractivity contribution in [2.75, 3.05) is 36.4 Å². The van der Waals surface area contributed by atoms with E-state index < -0.39 is 0 Å². The van der Waals surface area contributed by atoms with Gasteiger partial charge in [0.1, 0.15) is 4.88 Å². The lowest BCUT2D eigenvalue weighted by molar-refractivity contribution is 0.103.